The van der Waals surface area contributed by atoms with Crippen LogP contribution in [0.3, 0.4) is 0 Å². The summed E-state index contributed by atoms with van der Waals surface area (Å²) in [6.45, 7) is 20.0. The van der Waals surface area contributed by atoms with Gasteiger partial charge in [-0.1, -0.05) is 24.3 Å². The van der Waals surface area contributed by atoms with Crippen LogP contribution < -0.4 is 20.1 Å². The highest BCUT2D eigenvalue weighted by Crippen LogP contribution is 2.42. The van der Waals surface area contributed by atoms with Gasteiger partial charge < -0.3 is 48.5 Å². The summed E-state index contributed by atoms with van der Waals surface area (Å²) in [6, 6.07) is 20.5. The van der Waals surface area contributed by atoms with Gasteiger partial charge in [0, 0.05) is 47.8 Å². The molecule has 4 saturated heterocycles. The van der Waals surface area contributed by atoms with E-state index in [4.69, 9.17) is 37.9 Å². The van der Waals surface area contributed by atoms with Crippen molar-refractivity contribution in [3.8, 4) is 11.5 Å². The van der Waals surface area contributed by atoms with Crippen LogP contribution in [0, 0.1) is 0 Å². The van der Waals surface area contributed by atoms with Crippen LogP contribution in [0.15, 0.2) is 72.8 Å². The fraction of sp³-hybridized carbons (Fsp3) is 0.565. The third kappa shape index (κ3) is 10.9. The van der Waals surface area contributed by atoms with Gasteiger partial charge in [-0.15, -0.1) is 0 Å². The average Bonchev–Trinajstić information content (AvgIpc) is 3.13. The van der Waals surface area contributed by atoms with E-state index in [1.165, 1.54) is 0 Å². The van der Waals surface area contributed by atoms with E-state index in [0.29, 0.717) is 62.3 Å². The summed E-state index contributed by atoms with van der Waals surface area (Å²) in [7, 11) is 0. The zero-order valence-corrected chi connectivity index (χ0v) is 35.2. The lowest BCUT2D eigenvalue weighted by molar-refractivity contribution is -0.323. The van der Waals surface area contributed by atoms with E-state index in [-0.39, 0.29) is 34.4 Å². The van der Waals surface area contributed by atoms with Crippen molar-refractivity contribution in [3.05, 3.63) is 95.1 Å². The molecule has 0 aliphatic carbocycles. The van der Waals surface area contributed by atoms with Gasteiger partial charge in [-0.3, -0.25) is 0 Å². The van der Waals surface area contributed by atoms with E-state index < -0.39 is 23.5 Å². The van der Waals surface area contributed by atoms with Crippen LogP contribution in [0.4, 0.5) is 0 Å². The molecule has 4 heterocycles. The highest BCUT2D eigenvalue weighted by Gasteiger charge is 2.52. The Morgan fingerprint density at radius 1 is 0.500 bits per heavy atom. The normalized spacial score (nSPS) is 23.3. The van der Waals surface area contributed by atoms with E-state index in [1.54, 1.807) is 48.5 Å². The van der Waals surface area contributed by atoms with E-state index in [2.05, 4.69) is 66.0 Å². The first-order valence-electron chi connectivity index (χ1n) is 20.4. The molecule has 0 atom stereocenters. The number of carbonyl (C=O) groups is 2. The first-order chi connectivity index (χ1) is 27.3. The molecule has 12 heteroatoms. The third-order valence-corrected chi connectivity index (χ3v) is 10.9. The lowest BCUT2D eigenvalue weighted by Gasteiger charge is -2.54. The van der Waals surface area contributed by atoms with Gasteiger partial charge in [-0.05, 0) is 115 Å². The summed E-state index contributed by atoms with van der Waals surface area (Å²) >= 11 is 0. The molecular weight excluding hydrogens is 741 g/mol. The highest BCUT2D eigenvalue weighted by molar-refractivity contribution is 5.92. The fourth-order valence-corrected chi connectivity index (χ4v) is 9.40. The Bertz CT molecular complexity index is 1720. The van der Waals surface area contributed by atoms with Crippen LogP contribution in [0.2, 0.25) is 0 Å². The van der Waals surface area contributed by atoms with Gasteiger partial charge in [0.2, 0.25) is 0 Å². The number of carbonyl (C=O) groups excluding carboxylic acids is 2. The molecule has 0 aromatic heterocycles. The van der Waals surface area contributed by atoms with Gasteiger partial charge in [0.1, 0.15) is 23.7 Å². The molecule has 3 aromatic carbocycles. The summed E-state index contributed by atoms with van der Waals surface area (Å²) in [5, 5.41) is 7.34. The Hall–Kier alpha value is -3.72. The molecule has 0 saturated carbocycles. The van der Waals surface area contributed by atoms with Crippen molar-refractivity contribution in [1.82, 2.24) is 10.6 Å². The van der Waals surface area contributed by atoms with Gasteiger partial charge in [-0.2, -0.15) is 0 Å². The van der Waals surface area contributed by atoms with Gasteiger partial charge in [0.05, 0.1) is 50.8 Å². The number of piperidine rings is 2. The molecule has 4 aliphatic rings. The minimum atomic E-state index is -0.606. The molecule has 7 rings (SSSR count). The molecule has 4 fully saturated rings. The molecule has 0 amide bonds. The lowest BCUT2D eigenvalue weighted by Crippen LogP contribution is -2.66. The van der Waals surface area contributed by atoms with Gasteiger partial charge in [0.15, 0.2) is 11.6 Å². The van der Waals surface area contributed by atoms with Crippen molar-refractivity contribution in [1.29, 1.82) is 0 Å². The van der Waals surface area contributed by atoms with Crippen LogP contribution in [-0.2, 0) is 41.6 Å². The maximum absolute atomic E-state index is 12.9. The molecule has 0 bridgehead atoms. The van der Waals surface area contributed by atoms with Gasteiger partial charge in [0.25, 0.3) is 0 Å². The fourth-order valence-electron chi connectivity index (χ4n) is 9.40. The number of nitrogens with one attached hydrogen (secondary N) is 2. The Kier molecular flexibility index (Phi) is 12.0. The zero-order valence-electron chi connectivity index (χ0n) is 35.2. The number of hydrogen-bond acceptors (Lipinski definition) is 12. The molecule has 2 N–H and O–H groups in total. The molecule has 12 nitrogen and oxygen atoms in total. The van der Waals surface area contributed by atoms with Crippen LogP contribution >= 0.6 is 0 Å². The van der Waals surface area contributed by atoms with Crippen LogP contribution in [0.25, 0.3) is 0 Å². The molecule has 0 radical (unpaired) electrons. The van der Waals surface area contributed by atoms with Crippen molar-refractivity contribution in [3.63, 3.8) is 0 Å². The average molecular weight is 801 g/mol. The maximum atomic E-state index is 12.9. The Morgan fingerprint density at radius 2 is 0.793 bits per heavy atom. The lowest BCUT2D eigenvalue weighted by atomic mass is 9.78. The van der Waals surface area contributed by atoms with Crippen LogP contribution in [0.5, 0.6) is 11.5 Å². The predicted octanol–water partition coefficient (Wildman–Crippen LogP) is 7.26. The van der Waals surface area contributed by atoms with Crippen molar-refractivity contribution in [2.24, 2.45) is 0 Å². The number of esters is 2. The number of rotatable bonds is 10. The Labute approximate surface area is 342 Å². The third-order valence-electron chi connectivity index (χ3n) is 10.9. The number of ether oxygens (including phenoxy) is 8. The Morgan fingerprint density at radius 3 is 1.09 bits per heavy atom. The molecule has 314 valence electrons. The predicted molar refractivity (Wildman–Crippen MR) is 217 cm³/mol. The molecular formula is C46H60N2O10. The second-order valence-corrected chi connectivity index (χ2v) is 19.1. The van der Waals surface area contributed by atoms with Gasteiger partial charge in [-0.25, -0.2) is 9.59 Å². The number of hydrogen-bond donors (Lipinski definition) is 2. The second kappa shape index (κ2) is 16.4. The molecule has 0 unspecified atom stereocenters. The Balaban J connectivity index is 0.813. The second-order valence-electron chi connectivity index (χ2n) is 19.1. The van der Waals surface area contributed by atoms with Crippen molar-refractivity contribution in [2.75, 3.05) is 26.4 Å². The first kappa shape index (κ1) is 42.4. The first-order valence-corrected chi connectivity index (χ1v) is 20.4. The summed E-state index contributed by atoms with van der Waals surface area (Å²) < 4.78 is 48.5. The summed E-state index contributed by atoms with van der Waals surface area (Å²) in [6.07, 6.45) is 2.71. The van der Waals surface area contributed by atoms with E-state index in [0.717, 1.165) is 36.8 Å². The standard InChI is InChI=1S/C46H60N2O10/c1-41(2)27-45(28-42(3,4)47-41)53-23-37(24-54-45)51-21-31-9-13-33(14-10-31)39(49)57-35-17-19-36(20-18-35)58-40(50)34-15-11-32(12-16-34)22-52-38-25-55-46(56-26-38)29-43(5,6)48-44(7,8)30-46/h9-20,37-38,47-48H,21-30H2,1-8H3. The van der Waals surface area contributed by atoms with Crippen molar-refractivity contribution in [2.45, 2.75) is 140 Å². The van der Waals surface area contributed by atoms with Crippen LogP contribution in [0.1, 0.15) is 113 Å². The summed E-state index contributed by atoms with van der Waals surface area (Å²) in [5.74, 6) is -1.57. The maximum Gasteiger partial charge on any atom is 0.343 e. The molecule has 2 spiro atoms. The quantitative estimate of drug-likeness (QED) is 0.158. The van der Waals surface area contributed by atoms with E-state index >= 15 is 0 Å². The van der Waals surface area contributed by atoms with Crippen LogP contribution in [-0.4, -0.2) is 84.3 Å². The minimum absolute atomic E-state index is 0.0978. The van der Waals surface area contributed by atoms with E-state index in [1.807, 2.05) is 24.3 Å². The van der Waals surface area contributed by atoms with E-state index in [9.17, 15) is 9.59 Å². The number of benzene rings is 3. The highest BCUT2D eigenvalue weighted by atomic mass is 16.7. The zero-order chi connectivity index (χ0) is 41.4. The van der Waals surface area contributed by atoms with Gasteiger partial charge >= 0.3 is 11.9 Å². The molecule has 4 aliphatic heterocycles. The SMILES string of the molecule is CC1(C)CC2(CC(C)(C)N1)OCC(OCc1ccc(C(=O)Oc3ccc(OC(=O)c4ccc(COC5COC6(CC(C)(C)NC(C)(C)C6)OC5)cc4)cc3)cc1)CO2. The topological polar surface area (TPSA) is 132 Å². The monoisotopic (exact) mass is 800 g/mol. The smallest absolute Gasteiger partial charge is 0.343 e. The van der Waals surface area contributed by atoms with Crippen molar-refractivity contribution < 1.29 is 47.5 Å². The summed E-state index contributed by atoms with van der Waals surface area (Å²) in [5.41, 5.74) is 2.24. The largest absolute Gasteiger partial charge is 0.423 e. The molecule has 3 aromatic rings. The molecule has 58 heavy (non-hydrogen) atoms. The van der Waals surface area contributed by atoms with Crippen molar-refractivity contribution >= 4 is 11.9 Å². The summed E-state index contributed by atoms with van der Waals surface area (Å²) in [4.78, 5) is 25.8. The minimum Gasteiger partial charge on any atom is -0.423 e.